The van der Waals surface area contributed by atoms with Gasteiger partial charge in [-0.05, 0) is 42.8 Å². The second-order valence-electron chi connectivity index (χ2n) is 5.73. The number of sulfonamides is 1. The first-order chi connectivity index (χ1) is 12.3. The highest BCUT2D eigenvalue weighted by Crippen LogP contribution is 2.25. The summed E-state index contributed by atoms with van der Waals surface area (Å²) in [5, 5.41) is 0. The van der Waals surface area contributed by atoms with Crippen molar-refractivity contribution in [1.82, 2.24) is 4.72 Å². The normalized spacial score (nSPS) is 17.6. The first-order valence-corrected chi connectivity index (χ1v) is 9.23. The molecule has 138 valence electrons. The molecule has 0 radical (unpaired) electrons. The van der Waals surface area contributed by atoms with Crippen LogP contribution < -0.4 is 14.4 Å². The number of amides is 1. The summed E-state index contributed by atoms with van der Waals surface area (Å²) < 4.78 is 58.7. The van der Waals surface area contributed by atoms with E-state index < -0.39 is 38.5 Å². The summed E-state index contributed by atoms with van der Waals surface area (Å²) in [5.74, 6) is -1.91. The number of methoxy groups -OCH3 is 1. The molecule has 26 heavy (non-hydrogen) atoms. The van der Waals surface area contributed by atoms with Crippen molar-refractivity contribution in [3.05, 3.63) is 54.1 Å². The van der Waals surface area contributed by atoms with E-state index in [0.29, 0.717) is 24.0 Å². The first kappa shape index (κ1) is 18.3. The monoisotopic (exact) mass is 382 g/mol. The molecule has 1 saturated heterocycles. The molecule has 1 N–H and O–H groups in total. The predicted octanol–water partition coefficient (Wildman–Crippen LogP) is 2.06. The number of carbonyl (C=O) groups is 1. The molecule has 0 bridgehead atoms. The van der Waals surface area contributed by atoms with Gasteiger partial charge in [0.15, 0.2) is 0 Å². The average Bonchev–Trinajstić information content (AvgIpc) is 2.94. The fourth-order valence-corrected chi connectivity index (χ4v) is 4.03. The van der Waals surface area contributed by atoms with Gasteiger partial charge in [0.1, 0.15) is 28.3 Å². The number of hydrogen-bond donors (Lipinski definition) is 1. The zero-order valence-corrected chi connectivity index (χ0v) is 14.6. The van der Waals surface area contributed by atoms with Gasteiger partial charge in [0.25, 0.3) is 0 Å². The van der Waals surface area contributed by atoms with Crippen molar-refractivity contribution >= 4 is 21.6 Å². The molecule has 0 aromatic heterocycles. The number of ether oxygens (including phenoxy) is 1. The molecule has 3 rings (SSSR count). The smallest absolute Gasteiger partial charge is 0.245 e. The lowest BCUT2D eigenvalue weighted by Gasteiger charge is -2.17. The number of anilines is 1. The Hall–Kier alpha value is -2.52. The number of carbonyl (C=O) groups excluding carboxylic acids is 1. The second kappa shape index (κ2) is 7.00. The molecule has 2 aromatic carbocycles. The van der Waals surface area contributed by atoms with E-state index in [9.17, 15) is 22.0 Å². The number of nitrogens with zero attached hydrogens (tertiary/aromatic N) is 1. The summed E-state index contributed by atoms with van der Waals surface area (Å²) in [6.45, 7) is 0.310. The molecule has 0 spiro atoms. The van der Waals surface area contributed by atoms with Gasteiger partial charge in [0.05, 0.1) is 7.11 Å². The maximum atomic E-state index is 13.8. The van der Waals surface area contributed by atoms with Crippen LogP contribution in [-0.2, 0) is 14.8 Å². The number of rotatable bonds is 5. The van der Waals surface area contributed by atoms with Gasteiger partial charge in [-0.15, -0.1) is 0 Å². The van der Waals surface area contributed by atoms with E-state index in [0.717, 1.165) is 12.1 Å². The van der Waals surface area contributed by atoms with Crippen molar-refractivity contribution in [2.24, 2.45) is 0 Å². The van der Waals surface area contributed by atoms with E-state index in [1.807, 2.05) is 0 Å². The van der Waals surface area contributed by atoms with Crippen LogP contribution in [0.5, 0.6) is 5.75 Å². The number of hydrogen-bond acceptors (Lipinski definition) is 4. The third kappa shape index (κ3) is 3.54. The Kier molecular flexibility index (Phi) is 4.92. The Morgan fingerprint density at radius 2 is 1.85 bits per heavy atom. The fraction of sp³-hybridized carbons (Fsp3) is 0.235. The molecular formula is C17H16F2N2O4S. The van der Waals surface area contributed by atoms with Crippen LogP contribution in [0.1, 0.15) is 6.42 Å². The van der Waals surface area contributed by atoms with Gasteiger partial charge in [0, 0.05) is 18.3 Å². The van der Waals surface area contributed by atoms with E-state index in [2.05, 4.69) is 4.72 Å². The van der Waals surface area contributed by atoms with E-state index in [1.165, 1.54) is 12.0 Å². The third-order valence-electron chi connectivity index (χ3n) is 4.07. The summed E-state index contributed by atoms with van der Waals surface area (Å²) in [5.41, 5.74) is 0.602. The van der Waals surface area contributed by atoms with Crippen molar-refractivity contribution in [1.29, 1.82) is 0 Å². The predicted molar refractivity (Wildman–Crippen MR) is 90.4 cm³/mol. The van der Waals surface area contributed by atoms with Crippen molar-refractivity contribution < 1.29 is 26.7 Å². The summed E-state index contributed by atoms with van der Waals surface area (Å²) in [4.78, 5) is 13.3. The zero-order chi connectivity index (χ0) is 18.9. The van der Waals surface area contributed by atoms with Crippen LogP contribution in [0.25, 0.3) is 0 Å². The van der Waals surface area contributed by atoms with Crippen LogP contribution in [0.4, 0.5) is 14.5 Å². The molecule has 1 aliphatic rings. The average molecular weight is 382 g/mol. The largest absolute Gasteiger partial charge is 0.497 e. The minimum absolute atomic E-state index is 0.229. The Labute approximate surface area is 149 Å². The molecule has 1 atom stereocenters. The van der Waals surface area contributed by atoms with Crippen LogP contribution in [-0.4, -0.2) is 34.0 Å². The summed E-state index contributed by atoms with van der Waals surface area (Å²) in [6.07, 6.45) is 0.229. The third-order valence-corrected chi connectivity index (χ3v) is 5.58. The fourth-order valence-electron chi connectivity index (χ4n) is 2.75. The van der Waals surface area contributed by atoms with Crippen molar-refractivity contribution in [2.75, 3.05) is 18.6 Å². The summed E-state index contributed by atoms with van der Waals surface area (Å²) in [6, 6.07) is 7.88. The first-order valence-electron chi connectivity index (χ1n) is 7.74. The minimum atomic E-state index is -4.30. The summed E-state index contributed by atoms with van der Waals surface area (Å²) >= 11 is 0. The van der Waals surface area contributed by atoms with Crippen LogP contribution >= 0.6 is 0 Å². The van der Waals surface area contributed by atoms with Crippen molar-refractivity contribution in [3.8, 4) is 5.75 Å². The topological polar surface area (TPSA) is 75.7 Å². The van der Waals surface area contributed by atoms with E-state index in [-0.39, 0.29) is 6.42 Å². The highest BCUT2D eigenvalue weighted by molar-refractivity contribution is 7.89. The van der Waals surface area contributed by atoms with E-state index in [4.69, 9.17) is 4.74 Å². The van der Waals surface area contributed by atoms with Gasteiger partial charge < -0.3 is 9.64 Å². The molecule has 0 saturated carbocycles. The molecule has 1 fully saturated rings. The van der Waals surface area contributed by atoms with Gasteiger partial charge >= 0.3 is 0 Å². The van der Waals surface area contributed by atoms with Crippen LogP contribution in [0.15, 0.2) is 47.4 Å². The van der Waals surface area contributed by atoms with E-state index in [1.54, 1.807) is 24.3 Å². The molecule has 1 aliphatic heterocycles. The van der Waals surface area contributed by atoms with Gasteiger partial charge in [-0.2, -0.15) is 4.72 Å². The van der Waals surface area contributed by atoms with Crippen molar-refractivity contribution in [2.45, 2.75) is 17.4 Å². The summed E-state index contributed by atoms with van der Waals surface area (Å²) in [7, 11) is -2.78. The SMILES string of the molecule is COc1ccc(N2CC[C@H](NS(=O)(=O)c3ccc(F)cc3F)C2=O)cc1. The molecule has 6 nitrogen and oxygen atoms in total. The maximum Gasteiger partial charge on any atom is 0.245 e. The Bertz CT molecular complexity index is 932. The van der Waals surface area contributed by atoms with Gasteiger partial charge in [-0.1, -0.05) is 0 Å². The quantitative estimate of drug-likeness (QED) is 0.859. The molecule has 9 heteroatoms. The second-order valence-corrected chi connectivity index (χ2v) is 7.41. The van der Waals surface area contributed by atoms with Crippen LogP contribution in [0.2, 0.25) is 0 Å². The van der Waals surface area contributed by atoms with E-state index >= 15 is 0 Å². The standard InChI is InChI=1S/C17H16F2N2O4S/c1-25-13-5-3-12(4-6-13)21-9-8-15(17(21)22)20-26(23,24)16-7-2-11(18)10-14(16)19/h2-7,10,15,20H,8-9H2,1H3/t15-/m0/s1. The number of halogens is 2. The van der Waals surface area contributed by atoms with Gasteiger partial charge in [-0.25, -0.2) is 17.2 Å². The lowest BCUT2D eigenvalue weighted by atomic mass is 10.2. The van der Waals surface area contributed by atoms with Crippen LogP contribution in [0, 0.1) is 11.6 Å². The highest BCUT2D eigenvalue weighted by atomic mass is 32.2. The van der Waals surface area contributed by atoms with Crippen LogP contribution in [0.3, 0.4) is 0 Å². The Morgan fingerprint density at radius 1 is 1.15 bits per heavy atom. The number of benzene rings is 2. The molecule has 0 unspecified atom stereocenters. The highest BCUT2D eigenvalue weighted by Gasteiger charge is 2.36. The molecule has 1 amide bonds. The molecule has 1 heterocycles. The lowest BCUT2D eigenvalue weighted by molar-refractivity contribution is -0.118. The number of nitrogens with one attached hydrogen (secondary N) is 1. The maximum absolute atomic E-state index is 13.8. The Balaban J connectivity index is 1.77. The zero-order valence-electron chi connectivity index (χ0n) is 13.8. The Morgan fingerprint density at radius 3 is 2.46 bits per heavy atom. The molecule has 0 aliphatic carbocycles. The van der Waals surface area contributed by atoms with Gasteiger partial charge in [0.2, 0.25) is 15.9 Å². The minimum Gasteiger partial charge on any atom is -0.497 e. The van der Waals surface area contributed by atoms with Gasteiger partial charge in [-0.3, -0.25) is 4.79 Å². The lowest BCUT2D eigenvalue weighted by Crippen LogP contribution is -2.41. The van der Waals surface area contributed by atoms with Crippen molar-refractivity contribution in [3.63, 3.8) is 0 Å². The molecule has 2 aromatic rings. The molecular weight excluding hydrogens is 366 g/mol.